The quantitative estimate of drug-likeness (QED) is 0.640. The summed E-state index contributed by atoms with van der Waals surface area (Å²) < 4.78 is 10.5. The first-order valence-corrected chi connectivity index (χ1v) is 9.18. The van der Waals surface area contributed by atoms with E-state index in [4.69, 9.17) is 9.47 Å². The standard InChI is InChI=1S/C21H23N5O3/c1-4-22-21(27)23-13-18-24-19(14-5-9-16(28-2)10-6-14)20(26-25-18)15-7-11-17(29-3)12-8-15/h5-12H,4,13H2,1-3H3,(H2,22,23,27). The van der Waals surface area contributed by atoms with Gasteiger partial charge in [0.25, 0.3) is 0 Å². The fourth-order valence-electron chi connectivity index (χ4n) is 2.71. The molecule has 0 aliphatic carbocycles. The topological polar surface area (TPSA) is 98.3 Å². The van der Waals surface area contributed by atoms with Gasteiger partial charge >= 0.3 is 6.03 Å². The summed E-state index contributed by atoms with van der Waals surface area (Å²) in [5.74, 6) is 1.92. The van der Waals surface area contributed by atoms with Gasteiger partial charge in [0.05, 0.1) is 20.8 Å². The lowest BCUT2D eigenvalue weighted by atomic mass is 10.0. The molecule has 3 rings (SSSR count). The molecule has 8 nitrogen and oxygen atoms in total. The number of benzene rings is 2. The summed E-state index contributed by atoms with van der Waals surface area (Å²) in [6.07, 6.45) is 0. The number of methoxy groups -OCH3 is 2. The lowest BCUT2D eigenvalue weighted by Gasteiger charge is -2.11. The second-order valence-electron chi connectivity index (χ2n) is 6.10. The molecule has 29 heavy (non-hydrogen) atoms. The number of hydrogen-bond donors (Lipinski definition) is 2. The number of aromatic nitrogens is 3. The zero-order chi connectivity index (χ0) is 20.6. The Kier molecular flexibility index (Phi) is 6.57. The maximum absolute atomic E-state index is 11.7. The van der Waals surface area contributed by atoms with E-state index in [2.05, 4.69) is 25.8 Å². The van der Waals surface area contributed by atoms with Crippen molar-refractivity contribution in [2.75, 3.05) is 20.8 Å². The maximum Gasteiger partial charge on any atom is 0.315 e. The van der Waals surface area contributed by atoms with Gasteiger partial charge in [-0.15, -0.1) is 10.2 Å². The Morgan fingerprint density at radius 2 is 1.38 bits per heavy atom. The highest BCUT2D eigenvalue weighted by atomic mass is 16.5. The van der Waals surface area contributed by atoms with E-state index >= 15 is 0 Å². The number of carbonyl (C=O) groups excluding carboxylic acids is 1. The number of rotatable bonds is 7. The van der Waals surface area contributed by atoms with Gasteiger partial charge in [-0.2, -0.15) is 0 Å². The normalized spacial score (nSPS) is 10.3. The number of urea groups is 1. The predicted octanol–water partition coefficient (Wildman–Crippen LogP) is 3.04. The van der Waals surface area contributed by atoms with Gasteiger partial charge in [0.2, 0.25) is 0 Å². The summed E-state index contributed by atoms with van der Waals surface area (Å²) in [7, 11) is 3.24. The van der Waals surface area contributed by atoms with Crippen molar-refractivity contribution in [3.05, 3.63) is 54.4 Å². The summed E-state index contributed by atoms with van der Waals surface area (Å²) in [5, 5.41) is 14.0. The fourth-order valence-corrected chi connectivity index (χ4v) is 2.71. The van der Waals surface area contributed by atoms with Gasteiger partial charge in [0, 0.05) is 17.7 Å². The summed E-state index contributed by atoms with van der Waals surface area (Å²) in [6, 6.07) is 14.8. The van der Waals surface area contributed by atoms with Crippen molar-refractivity contribution >= 4 is 6.03 Å². The van der Waals surface area contributed by atoms with Gasteiger partial charge in [0.1, 0.15) is 22.9 Å². The van der Waals surface area contributed by atoms with Gasteiger partial charge in [0.15, 0.2) is 5.82 Å². The Morgan fingerprint density at radius 3 is 1.90 bits per heavy atom. The van der Waals surface area contributed by atoms with E-state index in [-0.39, 0.29) is 12.6 Å². The molecular weight excluding hydrogens is 370 g/mol. The number of nitrogens with zero attached hydrogens (tertiary/aromatic N) is 3. The van der Waals surface area contributed by atoms with Crippen LogP contribution in [0.4, 0.5) is 4.79 Å². The van der Waals surface area contributed by atoms with Crippen molar-refractivity contribution in [2.45, 2.75) is 13.5 Å². The molecule has 0 spiro atoms. The molecule has 2 N–H and O–H groups in total. The molecule has 1 aromatic heterocycles. The predicted molar refractivity (Wildman–Crippen MR) is 110 cm³/mol. The second-order valence-corrected chi connectivity index (χ2v) is 6.10. The summed E-state index contributed by atoms with van der Waals surface area (Å²) in [5.41, 5.74) is 3.03. The first-order chi connectivity index (χ1) is 14.1. The van der Waals surface area contributed by atoms with E-state index in [1.54, 1.807) is 14.2 Å². The Hall–Kier alpha value is -3.68. The molecule has 1 heterocycles. The third-order valence-corrected chi connectivity index (χ3v) is 4.20. The Morgan fingerprint density at radius 1 is 0.828 bits per heavy atom. The molecule has 0 saturated heterocycles. The van der Waals surface area contributed by atoms with E-state index < -0.39 is 0 Å². The minimum atomic E-state index is -0.277. The molecule has 2 aromatic carbocycles. The maximum atomic E-state index is 11.7. The average Bonchev–Trinajstić information content (AvgIpc) is 2.78. The molecular formula is C21H23N5O3. The SMILES string of the molecule is CCNC(=O)NCc1nnc(-c2ccc(OC)cc2)c(-c2ccc(OC)cc2)n1. The van der Waals surface area contributed by atoms with E-state index in [1.807, 2.05) is 55.5 Å². The van der Waals surface area contributed by atoms with Crippen LogP contribution in [0.1, 0.15) is 12.7 Å². The van der Waals surface area contributed by atoms with Crippen LogP contribution in [-0.4, -0.2) is 42.0 Å². The highest BCUT2D eigenvalue weighted by Gasteiger charge is 2.14. The second kappa shape index (κ2) is 9.50. The number of carbonyl (C=O) groups is 1. The Bertz CT molecular complexity index is 959. The van der Waals surface area contributed by atoms with Crippen molar-refractivity contribution < 1.29 is 14.3 Å². The Labute approximate surface area is 169 Å². The van der Waals surface area contributed by atoms with Gasteiger partial charge in [-0.05, 0) is 55.5 Å². The van der Waals surface area contributed by atoms with E-state index in [1.165, 1.54) is 0 Å². The van der Waals surface area contributed by atoms with E-state index in [0.717, 1.165) is 22.6 Å². The summed E-state index contributed by atoms with van der Waals surface area (Å²) in [4.78, 5) is 16.3. The molecule has 0 saturated carbocycles. The molecule has 0 aliphatic rings. The molecule has 0 unspecified atom stereocenters. The highest BCUT2D eigenvalue weighted by molar-refractivity contribution is 5.78. The van der Waals surface area contributed by atoms with Crippen LogP contribution in [0.15, 0.2) is 48.5 Å². The van der Waals surface area contributed by atoms with Crippen LogP contribution in [0.25, 0.3) is 22.5 Å². The zero-order valence-electron chi connectivity index (χ0n) is 16.6. The van der Waals surface area contributed by atoms with Crippen LogP contribution >= 0.6 is 0 Å². The third kappa shape index (κ3) is 4.98. The van der Waals surface area contributed by atoms with Crippen molar-refractivity contribution in [3.63, 3.8) is 0 Å². The minimum absolute atomic E-state index is 0.172. The van der Waals surface area contributed by atoms with Crippen LogP contribution in [0.5, 0.6) is 11.5 Å². The van der Waals surface area contributed by atoms with Crippen LogP contribution in [-0.2, 0) is 6.54 Å². The molecule has 3 aromatic rings. The zero-order valence-corrected chi connectivity index (χ0v) is 16.6. The van der Waals surface area contributed by atoms with Gasteiger partial charge in [-0.3, -0.25) is 0 Å². The third-order valence-electron chi connectivity index (χ3n) is 4.20. The first kappa shape index (κ1) is 20.1. The minimum Gasteiger partial charge on any atom is -0.497 e. The molecule has 150 valence electrons. The van der Waals surface area contributed by atoms with Gasteiger partial charge in [-0.25, -0.2) is 9.78 Å². The number of ether oxygens (including phenoxy) is 2. The van der Waals surface area contributed by atoms with Crippen LogP contribution in [0, 0.1) is 0 Å². The highest BCUT2D eigenvalue weighted by Crippen LogP contribution is 2.30. The number of nitrogens with one attached hydrogen (secondary N) is 2. The van der Waals surface area contributed by atoms with Gasteiger partial charge in [-0.1, -0.05) is 0 Å². The van der Waals surface area contributed by atoms with Crippen molar-refractivity contribution in [2.24, 2.45) is 0 Å². The van der Waals surface area contributed by atoms with Gasteiger partial charge < -0.3 is 20.1 Å². The lowest BCUT2D eigenvalue weighted by Crippen LogP contribution is -2.35. The molecule has 0 atom stereocenters. The number of amides is 2. The van der Waals surface area contributed by atoms with E-state index in [0.29, 0.717) is 23.8 Å². The van der Waals surface area contributed by atoms with Crippen LogP contribution in [0.3, 0.4) is 0 Å². The largest absolute Gasteiger partial charge is 0.497 e. The summed E-state index contributed by atoms with van der Waals surface area (Å²) >= 11 is 0. The molecule has 8 heteroatoms. The molecule has 0 radical (unpaired) electrons. The molecule has 0 aliphatic heterocycles. The summed E-state index contributed by atoms with van der Waals surface area (Å²) in [6.45, 7) is 2.56. The van der Waals surface area contributed by atoms with Crippen molar-refractivity contribution in [3.8, 4) is 34.0 Å². The van der Waals surface area contributed by atoms with Crippen LogP contribution < -0.4 is 20.1 Å². The molecule has 2 amide bonds. The smallest absolute Gasteiger partial charge is 0.315 e. The lowest BCUT2D eigenvalue weighted by molar-refractivity contribution is 0.240. The first-order valence-electron chi connectivity index (χ1n) is 9.18. The Balaban J connectivity index is 1.98. The fraction of sp³-hybridized carbons (Fsp3) is 0.238. The monoisotopic (exact) mass is 393 g/mol. The molecule has 0 fully saturated rings. The molecule has 0 bridgehead atoms. The van der Waals surface area contributed by atoms with E-state index in [9.17, 15) is 4.79 Å². The average molecular weight is 393 g/mol. The van der Waals surface area contributed by atoms with Crippen molar-refractivity contribution in [1.82, 2.24) is 25.8 Å². The number of hydrogen-bond acceptors (Lipinski definition) is 6. The van der Waals surface area contributed by atoms with Crippen molar-refractivity contribution in [1.29, 1.82) is 0 Å². The van der Waals surface area contributed by atoms with Crippen LogP contribution in [0.2, 0.25) is 0 Å².